The Balaban J connectivity index is 1.70. The number of anilines is 1. The van der Waals surface area contributed by atoms with Crippen LogP contribution < -0.4 is 4.90 Å². The van der Waals surface area contributed by atoms with Crippen LogP contribution in [0, 0.1) is 5.82 Å². The SMILES string of the molecule is Cn1cc(-c2ccc(CN3C(=O)C(O)(C(F)(F)F)c4ccccc43)cc2F)cn1. The monoisotopic (exact) mass is 405 g/mol. The van der Waals surface area contributed by atoms with Gasteiger partial charge in [-0.05, 0) is 17.7 Å². The zero-order chi connectivity index (χ0) is 21.0. The molecule has 1 atom stereocenters. The Kier molecular flexibility index (Phi) is 4.23. The Bertz CT molecular complexity index is 1110. The number of hydrogen-bond donors (Lipinski definition) is 1. The van der Waals surface area contributed by atoms with E-state index in [0.29, 0.717) is 5.56 Å². The summed E-state index contributed by atoms with van der Waals surface area (Å²) in [6.07, 6.45) is -2.08. The Morgan fingerprint density at radius 1 is 1.17 bits per heavy atom. The molecule has 1 aliphatic heterocycles. The number of amides is 1. The number of rotatable bonds is 3. The molecule has 5 nitrogen and oxygen atoms in total. The van der Waals surface area contributed by atoms with Crippen LogP contribution in [0.5, 0.6) is 0 Å². The molecule has 0 fully saturated rings. The van der Waals surface area contributed by atoms with E-state index in [1.54, 1.807) is 13.2 Å². The second kappa shape index (κ2) is 6.41. The van der Waals surface area contributed by atoms with Crippen LogP contribution in [0.1, 0.15) is 11.1 Å². The van der Waals surface area contributed by atoms with Gasteiger partial charge in [0, 0.05) is 29.9 Å². The lowest BCUT2D eigenvalue weighted by molar-refractivity contribution is -0.253. The Labute approximate surface area is 162 Å². The third kappa shape index (κ3) is 2.89. The normalized spacial score (nSPS) is 19.0. The summed E-state index contributed by atoms with van der Waals surface area (Å²) < 4.78 is 56.7. The molecule has 0 aliphatic carbocycles. The van der Waals surface area contributed by atoms with Crippen LogP contribution >= 0.6 is 0 Å². The topological polar surface area (TPSA) is 58.4 Å². The van der Waals surface area contributed by atoms with Gasteiger partial charge in [0.15, 0.2) is 0 Å². The predicted molar refractivity (Wildman–Crippen MR) is 96.2 cm³/mol. The largest absolute Gasteiger partial charge is 0.430 e. The maximum atomic E-state index is 14.6. The standard InChI is InChI=1S/C20H15F4N3O2/c1-26-11-13(9-25-26)14-7-6-12(8-16(14)21)10-27-17-5-3-2-4-15(17)19(29,18(27)28)20(22,23)24/h2-9,11,29H,10H2,1H3. The van der Waals surface area contributed by atoms with E-state index >= 15 is 0 Å². The van der Waals surface area contributed by atoms with Gasteiger partial charge in [-0.25, -0.2) is 4.39 Å². The number of para-hydroxylation sites is 1. The number of carbonyl (C=O) groups excluding carboxylic acids is 1. The molecule has 0 bridgehead atoms. The van der Waals surface area contributed by atoms with Crippen molar-refractivity contribution in [3.63, 3.8) is 0 Å². The minimum Gasteiger partial charge on any atom is -0.368 e. The number of benzene rings is 2. The van der Waals surface area contributed by atoms with Crippen LogP contribution in [0.2, 0.25) is 0 Å². The highest BCUT2D eigenvalue weighted by Crippen LogP contribution is 2.49. The number of aliphatic hydroxyl groups is 1. The summed E-state index contributed by atoms with van der Waals surface area (Å²) in [5.74, 6) is -2.11. The first kappa shape index (κ1) is 19.1. The lowest BCUT2D eigenvalue weighted by atomic mass is 9.95. The first-order valence-corrected chi connectivity index (χ1v) is 8.61. The van der Waals surface area contributed by atoms with Crippen LogP contribution in [0.25, 0.3) is 11.1 Å². The van der Waals surface area contributed by atoms with E-state index in [-0.39, 0.29) is 23.4 Å². The van der Waals surface area contributed by atoms with E-state index in [9.17, 15) is 27.5 Å². The number of carbonyl (C=O) groups is 1. The van der Waals surface area contributed by atoms with E-state index in [2.05, 4.69) is 5.10 Å². The van der Waals surface area contributed by atoms with Gasteiger partial charge in [-0.3, -0.25) is 9.48 Å². The summed E-state index contributed by atoms with van der Waals surface area (Å²) in [7, 11) is 1.69. The van der Waals surface area contributed by atoms with Crippen molar-refractivity contribution in [1.29, 1.82) is 0 Å². The third-order valence-corrected chi connectivity index (χ3v) is 4.94. The van der Waals surface area contributed by atoms with Crippen LogP contribution in [0.4, 0.5) is 23.2 Å². The number of fused-ring (bicyclic) bond motifs is 1. The van der Waals surface area contributed by atoms with Gasteiger partial charge in [-0.15, -0.1) is 0 Å². The molecule has 3 aromatic rings. The van der Waals surface area contributed by atoms with E-state index in [0.717, 1.165) is 17.0 Å². The second-order valence-electron chi connectivity index (χ2n) is 6.83. The molecule has 2 heterocycles. The number of aryl methyl sites for hydroxylation is 1. The average molecular weight is 405 g/mol. The van der Waals surface area contributed by atoms with E-state index in [1.165, 1.54) is 41.2 Å². The maximum Gasteiger partial charge on any atom is 0.430 e. The van der Waals surface area contributed by atoms with Gasteiger partial charge in [-0.2, -0.15) is 18.3 Å². The molecule has 0 saturated heterocycles. The predicted octanol–water partition coefficient (Wildman–Crippen LogP) is 3.52. The lowest BCUT2D eigenvalue weighted by Gasteiger charge is -2.25. The highest BCUT2D eigenvalue weighted by molar-refractivity contribution is 6.07. The number of nitrogens with zero attached hydrogens (tertiary/aromatic N) is 3. The van der Waals surface area contributed by atoms with E-state index < -0.39 is 29.1 Å². The molecule has 1 unspecified atom stereocenters. The Morgan fingerprint density at radius 3 is 2.52 bits per heavy atom. The van der Waals surface area contributed by atoms with Gasteiger partial charge in [0.25, 0.3) is 11.5 Å². The highest BCUT2D eigenvalue weighted by Gasteiger charge is 2.66. The summed E-state index contributed by atoms with van der Waals surface area (Å²) in [6, 6.07) is 9.31. The zero-order valence-corrected chi connectivity index (χ0v) is 15.1. The first-order chi connectivity index (χ1) is 13.6. The van der Waals surface area contributed by atoms with Gasteiger partial charge in [0.1, 0.15) is 5.82 Å². The van der Waals surface area contributed by atoms with E-state index in [1.807, 2.05) is 0 Å². The second-order valence-corrected chi connectivity index (χ2v) is 6.83. The molecule has 1 N–H and O–H groups in total. The van der Waals surface area contributed by atoms with Crippen molar-refractivity contribution in [1.82, 2.24) is 9.78 Å². The minimum absolute atomic E-state index is 0.0610. The van der Waals surface area contributed by atoms with Crippen molar-refractivity contribution < 1.29 is 27.5 Å². The van der Waals surface area contributed by atoms with Crippen molar-refractivity contribution in [3.05, 3.63) is 71.8 Å². The molecule has 2 aromatic carbocycles. The van der Waals surface area contributed by atoms with Gasteiger partial charge >= 0.3 is 6.18 Å². The summed E-state index contributed by atoms with van der Waals surface area (Å²) in [4.78, 5) is 13.4. The number of alkyl halides is 3. The van der Waals surface area contributed by atoms with Gasteiger partial charge in [0.2, 0.25) is 0 Å². The molecule has 150 valence electrons. The molecule has 0 saturated carbocycles. The van der Waals surface area contributed by atoms with Gasteiger partial charge in [-0.1, -0.05) is 30.3 Å². The fraction of sp³-hybridized carbons (Fsp3) is 0.200. The number of aromatic nitrogens is 2. The quantitative estimate of drug-likeness (QED) is 0.679. The Hall–Kier alpha value is -3.20. The van der Waals surface area contributed by atoms with Crippen molar-refractivity contribution in [2.75, 3.05) is 4.90 Å². The smallest absolute Gasteiger partial charge is 0.368 e. The van der Waals surface area contributed by atoms with Crippen molar-refractivity contribution in [2.24, 2.45) is 7.05 Å². The van der Waals surface area contributed by atoms with Crippen molar-refractivity contribution in [2.45, 2.75) is 18.3 Å². The van der Waals surface area contributed by atoms with Crippen molar-refractivity contribution >= 4 is 11.6 Å². The highest BCUT2D eigenvalue weighted by atomic mass is 19.4. The summed E-state index contributed by atoms with van der Waals surface area (Å²) in [6.45, 7) is -0.321. The number of halogens is 4. The van der Waals surface area contributed by atoms with Crippen molar-refractivity contribution in [3.8, 4) is 11.1 Å². The minimum atomic E-state index is -5.19. The van der Waals surface area contributed by atoms with E-state index in [4.69, 9.17) is 0 Å². The van der Waals surface area contributed by atoms with Crippen LogP contribution in [0.3, 0.4) is 0 Å². The Morgan fingerprint density at radius 2 is 1.90 bits per heavy atom. The fourth-order valence-corrected chi connectivity index (χ4v) is 3.50. The summed E-state index contributed by atoms with van der Waals surface area (Å²) >= 11 is 0. The first-order valence-electron chi connectivity index (χ1n) is 8.61. The number of hydrogen-bond acceptors (Lipinski definition) is 3. The molecule has 0 radical (unpaired) electrons. The zero-order valence-electron chi connectivity index (χ0n) is 15.1. The molecule has 29 heavy (non-hydrogen) atoms. The third-order valence-electron chi connectivity index (χ3n) is 4.94. The van der Waals surface area contributed by atoms with Crippen LogP contribution in [-0.2, 0) is 24.0 Å². The molecule has 9 heteroatoms. The lowest BCUT2D eigenvalue weighted by Crippen LogP contribution is -2.50. The van der Waals surface area contributed by atoms with Crippen LogP contribution in [0.15, 0.2) is 54.9 Å². The molecular formula is C20H15F4N3O2. The summed E-state index contributed by atoms with van der Waals surface area (Å²) in [5, 5.41) is 14.2. The summed E-state index contributed by atoms with van der Waals surface area (Å²) in [5.41, 5.74) is -3.12. The average Bonchev–Trinajstić information content (AvgIpc) is 3.18. The van der Waals surface area contributed by atoms with Gasteiger partial charge in [0.05, 0.1) is 18.4 Å². The van der Waals surface area contributed by atoms with Gasteiger partial charge < -0.3 is 10.0 Å². The molecule has 0 spiro atoms. The molecule has 1 aromatic heterocycles. The fourth-order valence-electron chi connectivity index (χ4n) is 3.50. The molecule has 1 amide bonds. The molecule has 4 rings (SSSR count). The van der Waals surface area contributed by atoms with Crippen LogP contribution in [-0.4, -0.2) is 27.0 Å². The maximum absolute atomic E-state index is 14.6. The molecular weight excluding hydrogens is 390 g/mol. The molecule has 1 aliphatic rings.